The van der Waals surface area contributed by atoms with E-state index in [1.54, 1.807) is 0 Å². The van der Waals surface area contributed by atoms with E-state index in [4.69, 9.17) is 3.32 Å². The second kappa shape index (κ2) is 22.8. The van der Waals surface area contributed by atoms with Crippen molar-refractivity contribution in [2.24, 2.45) is 0 Å². The van der Waals surface area contributed by atoms with E-state index in [1.807, 2.05) is 0 Å². The molecule has 0 aromatic rings. The SMILES string of the molecule is [Cr].[H-].[Li+].[O]=[Ti]. The quantitative estimate of drug-likeness (QED) is 0.314. The standard InChI is InChI=1S/Cr.Li.O.Ti.H/q;+1;;;-1. The number of hydrogen-bond acceptors (Lipinski definition) is 1. The molecule has 4 heteroatoms. The van der Waals surface area contributed by atoms with Gasteiger partial charge in [0.15, 0.2) is 0 Å². The first-order valence-corrected chi connectivity index (χ1v) is 0.842. The first kappa shape index (κ1) is 17.4. The average molecular weight is 124 g/mol. The Morgan fingerprint density at radius 1 is 1.50 bits per heavy atom. The molecule has 0 bridgehead atoms. The molecule has 0 heterocycles. The zero-order valence-electron chi connectivity index (χ0n) is 3.32. The van der Waals surface area contributed by atoms with Gasteiger partial charge < -0.3 is 1.43 Å². The number of rotatable bonds is 0. The van der Waals surface area contributed by atoms with Gasteiger partial charge in [-0.2, -0.15) is 0 Å². The molecule has 0 aliphatic heterocycles. The molecule has 1 nitrogen and oxygen atoms in total. The van der Waals surface area contributed by atoms with E-state index < -0.39 is 0 Å². The third kappa shape index (κ3) is 9.43. The topological polar surface area (TPSA) is 17.1 Å². The van der Waals surface area contributed by atoms with Gasteiger partial charge >= 0.3 is 42.6 Å². The van der Waals surface area contributed by atoms with E-state index >= 15 is 0 Å². The summed E-state index contributed by atoms with van der Waals surface area (Å²) in [7, 11) is 0. The minimum atomic E-state index is 0. The van der Waals surface area contributed by atoms with Crippen LogP contribution in [0.3, 0.4) is 0 Å². The normalized spacial score (nSPS) is 0.750. The summed E-state index contributed by atoms with van der Waals surface area (Å²) in [6, 6.07) is 0. The molecule has 0 saturated carbocycles. The second-order valence-electron chi connectivity index (χ2n) is 0. The molecule has 18 valence electrons. The summed E-state index contributed by atoms with van der Waals surface area (Å²) in [5.74, 6) is 0. The summed E-state index contributed by atoms with van der Waals surface area (Å²) in [5.41, 5.74) is 0. The third-order valence-corrected chi connectivity index (χ3v) is 0. The molecule has 0 fully saturated rings. The van der Waals surface area contributed by atoms with Gasteiger partial charge in [-0.1, -0.05) is 0 Å². The van der Waals surface area contributed by atoms with Crippen LogP contribution in [0, 0.1) is 0 Å². The van der Waals surface area contributed by atoms with E-state index in [2.05, 4.69) is 0 Å². The fraction of sp³-hybridized carbons (Fsp3) is 0. The van der Waals surface area contributed by atoms with Gasteiger partial charge in [0.2, 0.25) is 0 Å². The molecule has 0 aliphatic rings. The maximum absolute atomic E-state index is 8.25. The van der Waals surface area contributed by atoms with Crippen molar-refractivity contribution in [3.63, 3.8) is 0 Å². The Morgan fingerprint density at radius 2 is 1.50 bits per heavy atom. The summed E-state index contributed by atoms with van der Waals surface area (Å²) in [4.78, 5) is 0. The second-order valence-corrected chi connectivity index (χ2v) is 0. The predicted molar refractivity (Wildman–Crippen MR) is 1.80 cm³/mol. The molecule has 0 atom stereocenters. The van der Waals surface area contributed by atoms with Gasteiger partial charge in [0.05, 0.1) is 0 Å². The zero-order valence-corrected chi connectivity index (χ0v) is 5.15. The molecule has 0 amide bonds. The van der Waals surface area contributed by atoms with Gasteiger partial charge in [0.1, 0.15) is 0 Å². The Morgan fingerprint density at radius 3 is 1.50 bits per heavy atom. The summed E-state index contributed by atoms with van der Waals surface area (Å²) >= 11 is 0.750. The van der Waals surface area contributed by atoms with Crippen LogP contribution >= 0.6 is 0 Å². The van der Waals surface area contributed by atoms with Crippen molar-refractivity contribution in [1.82, 2.24) is 0 Å². The molecular weight excluding hydrogens is 123 g/mol. The Kier molecular flexibility index (Phi) is 99.3. The summed E-state index contributed by atoms with van der Waals surface area (Å²) in [6.07, 6.45) is 0. The van der Waals surface area contributed by atoms with Gasteiger partial charge in [0, 0.05) is 17.4 Å². The van der Waals surface area contributed by atoms with E-state index in [9.17, 15) is 0 Å². The molecular formula is HCrLiOTi. The van der Waals surface area contributed by atoms with Crippen molar-refractivity contribution < 1.29 is 61.4 Å². The average Bonchev–Trinajstić information content (AvgIpc) is 1.00. The molecule has 0 aromatic carbocycles. The molecule has 0 aliphatic carbocycles. The van der Waals surface area contributed by atoms with Crippen LogP contribution in [0.4, 0.5) is 0 Å². The molecule has 0 rings (SSSR count). The van der Waals surface area contributed by atoms with Gasteiger partial charge in [0.25, 0.3) is 0 Å². The Labute approximate surface area is 61.0 Å². The molecule has 4 heavy (non-hydrogen) atoms. The van der Waals surface area contributed by atoms with E-state index in [0.29, 0.717) is 0 Å². The van der Waals surface area contributed by atoms with Gasteiger partial charge in [-0.15, -0.1) is 0 Å². The van der Waals surface area contributed by atoms with Gasteiger partial charge in [-0.05, 0) is 0 Å². The maximum atomic E-state index is 8.25. The fourth-order valence-electron chi connectivity index (χ4n) is 0. The summed E-state index contributed by atoms with van der Waals surface area (Å²) in [5, 5.41) is 0. The van der Waals surface area contributed by atoms with Crippen LogP contribution in [-0.2, 0) is 41.1 Å². The van der Waals surface area contributed by atoms with Crippen LogP contribution < -0.4 is 18.9 Å². The Balaban J connectivity index is -0.00000000167. The van der Waals surface area contributed by atoms with Crippen LogP contribution in [0.25, 0.3) is 0 Å². The minimum absolute atomic E-state index is 0. The van der Waals surface area contributed by atoms with Crippen molar-refractivity contribution in [2.45, 2.75) is 0 Å². The third-order valence-electron chi connectivity index (χ3n) is 0. The van der Waals surface area contributed by atoms with Crippen LogP contribution in [-0.4, -0.2) is 0 Å². The first-order valence-electron chi connectivity index (χ1n) is 0.204. The van der Waals surface area contributed by atoms with Crippen molar-refractivity contribution >= 4 is 0 Å². The van der Waals surface area contributed by atoms with E-state index in [-0.39, 0.29) is 37.6 Å². The van der Waals surface area contributed by atoms with Crippen LogP contribution in [0.2, 0.25) is 0 Å². The van der Waals surface area contributed by atoms with Crippen molar-refractivity contribution in [3.05, 3.63) is 0 Å². The monoisotopic (exact) mass is 124 g/mol. The van der Waals surface area contributed by atoms with Crippen molar-refractivity contribution in [1.29, 1.82) is 0 Å². The molecule has 0 unspecified atom stereocenters. The van der Waals surface area contributed by atoms with E-state index in [1.165, 1.54) is 0 Å². The van der Waals surface area contributed by atoms with Crippen LogP contribution in [0.15, 0.2) is 0 Å². The molecule has 0 saturated heterocycles. The molecule has 0 aromatic heterocycles. The van der Waals surface area contributed by atoms with Crippen molar-refractivity contribution in [2.75, 3.05) is 0 Å². The predicted octanol–water partition coefficient (Wildman–Crippen LogP) is -3.01. The zero-order chi connectivity index (χ0) is 2.00. The fourth-order valence-corrected chi connectivity index (χ4v) is 0. The van der Waals surface area contributed by atoms with E-state index in [0.717, 1.165) is 20.4 Å². The number of hydrogen-bond donors (Lipinski definition) is 0. The van der Waals surface area contributed by atoms with Gasteiger partial charge in [-0.3, -0.25) is 0 Å². The van der Waals surface area contributed by atoms with Crippen LogP contribution in [0.5, 0.6) is 0 Å². The summed E-state index contributed by atoms with van der Waals surface area (Å²) < 4.78 is 8.25. The Bertz CT molecular complexity index is 11.6. The van der Waals surface area contributed by atoms with Crippen LogP contribution in [0.1, 0.15) is 1.43 Å². The summed E-state index contributed by atoms with van der Waals surface area (Å²) in [6.45, 7) is 0. The molecule has 0 spiro atoms. The first-order chi connectivity index (χ1) is 1.00. The molecule has 0 radical (unpaired) electrons. The molecule has 0 N–H and O–H groups in total. The van der Waals surface area contributed by atoms with Crippen molar-refractivity contribution in [3.8, 4) is 0 Å². The Hall–Kier alpha value is 1.64. The van der Waals surface area contributed by atoms with Gasteiger partial charge in [-0.25, -0.2) is 0 Å².